The summed E-state index contributed by atoms with van der Waals surface area (Å²) in [5, 5.41) is 11.3. The fraction of sp³-hybridized carbons (Fsp3) is 0.286. The first kappa shape index (κ1) is 10.6. The molecule has 7 heteroatoms. The molecular weight excluding hydrogens is 206 g/mol. The number of carboxylic acids is 1. The molecule has 1 heterocycles. The lowest BCUT2D eigenvalue weighted by atomic mass is 10.1. The molecule has 1 unspecified atom stereocenters. The molecule has 0 fully saturated rings. The minimum absolute atomic E-state index is 0.0913. The fourth-order valence-electron chi connectivity index (χ4n) is 1.05. The second-order valence-electron chi connectivity index (χ2n) is 2.59. The van der Waals surface area contributed by atoms with Crippen molar-refractivity contribution >= 4 is 18.2 Å². The summed E-state index contributed by atoms with van der Waals surface area (Å²) >= 11 is 4.67. The van der Waals surface area contributed by atoms with Crippen LogP contribution in [-0.4, -0.2) is 28.1 Å². The second kappa shape index (κ2) is 4.16. The number of carbonyl (C=O) groups is 1. The van der Waals surface area contributed by atoms with E-state index < -0.39 is 17.6 Å². The van der Waals surface area contributed by atoms with Gasteiger partial charge >= 0.3 is 5.97 Å². The van der Waals surface area contributed by atoms with Gasteiger partial charge in [-0.25, -0.2) is 0 Å². The van der Waals surface area contributed by atoms with Crippen LogP contribution < -0.4 is 10.9 Å². The molecule has 14 heavy (non-hydrogen) atoms. The van der Waals surface area contributed by atoms with Crippen molar-refractivity contribution in [1.29, 1.82) is 0 Å². The molecule has 1 rings (SSSR count). The van der Waals surface area contributed by atoms with Gasteiger partial charge in [0.25, 0.3) is 5.56 Å². The third-order valence-corrected chi connectivity index (χ3v) is 1.91. The molecule has 0 aliphatic heterocycles. The standard InChI is InChI=1S/C7H9N3O3S/c1-8-4(6(12)13)3-2-9-7(14)10-5(3)11/h2,4,8H,1H3,(H,12,13)(H2,9,10,11,14). The van der Waals surface area contributed by atoms with E-state index in [4.69, 9.17) is 5.11 Å². The van der Waals surface area contributed by atoms with Crippen LogP contribution in [-0.2, 0) is 4.79 Å². The summed E-state index contributed by atoms with van der Waals surface area (Å²) in [7, 11) is 1.46. The van der Waals surface area contributed by atoms with Gasteiger partial charge in [0.1, 0.15) is 6.04 Å². The molecule has 1 aromatic heterocycles. The van der Waals surface area contributed by atoms with E-state index in [9.17, 15) is 9.59 Å². The van der Waals surface area contributed by atoms with E-state index in [0.717, 1.165) is 0 Å². The van der Waals surface area contributed by atoms with E-state index in [0.29, 0.717) is 0 Å². The summed E-state index contributed by atoms with van der Waals surface area (Å²) in [5.74, 6) is -1.12. The number of aromatic nitrogens is 2. The molecule has 6 nitrogen and oxygen atoms in total. The average molecular weight is 215 g/mol. The van der Waals surface area contributed by atoms with Gasteiger partial charge in [0.05, 0.1) is 5.56 Å². The predicted molar refractivity (Wildman–Crippen MR) is 51.7 cm³/mol. The van der Waals surface area contributed by atoms with Gasteiger partial charge in [-0.3, -0.25) is 14.6 Å². The van der Waals surface area contributed by atoms with E-state index >= 15 is 0 Å². The Bertz CT molecular complexity index is 450. The lowest BCUT2D eigenvalue weighted by Gasteiger charge is -2.09. The van der Waals surface area contributed by atoms with Gasteiger partial charge in [0, 0.05) is 6.20 Å². The first-order valence-corrected chi connectivity index (χ1v) is 4.19. The van der Waals surface area contributed by atoms with Crippen LogP contribution in [0.2, 0.25) is 0 Å². The number of aliphatic carboxylic acids is 1. The van der Waals surface area contributed by atoms with Crippen LogP contribution in [0.3, 0.4) is 0 Å². The van der Waals surface area contributed by atoms with E-state index in [1.54, 1.807) is 0 Å². The maximum Gasteiger partial charge on any atom is 0.325 e. The summed E-state index contributed by atoms with van der Waals surface area (Å²) in [4.78, 5) is 26.9. The number of likely N-dealkylation sites (N-methyl/N-ethyl adjacent to an activating group) is 1. The largest absolute Gasteiger partial charge is 0.480 e. The Kier molecular flexibility index (Phi) is 3.15. The highest BCUT2D eigenvalue weighted by Crippen LogP contribution is 2.04. The zero-order valence-electron chi connectivity index (χ0n) is 7.33. The van der Waals surface area contributed by atoms with Crippen molar-refractivity contribution < 1.29 is 9.90 Å². The number of rotatable bonds is 3. The molecule has 0 aliphatic carbocycles. The monoisotopic (exact) mass is 215 g/mol. The topological polar surface area (TPSA) is 98.0 Å². The van der Waals surface area contributed by atoms with Crippen molar-refractivity contribution in [3.63, 3.8) is 0 Å². The molecule has 0 bridgehead atoms. The highest BCUT2D eigenvalue weighted by molar-refractivity contribution is 7.71. The summed E-state index contributed by atoms with van der Waals surface area (Å²) in [6.07, 6.45) is 1.29. The highest BCUT2D eigenvalue weighted by Gasteiger charge is 2.20. The number of hydrogen-bond donors (Lipinski definition) is 4. The number of hydrogen-bond acceptors (Lipinski definition) is 4. The van der Waals surface area contributed by atoms with Crippen molar-refractivity contribution in [1.82, 2.24) is 15.3 Å². The highest BCUT2D eigenvalue weighted by atomic mass is 32.1. The molecule has 76 valence electrons. The molecule has 0 radical (unpaired) electrons. The first-order valence-electron chi connectivity index (χ1n) is 3.78. The van der Waals surface area contributed by atoms with Crippen LogP contribution in [0, 0.1) is 4.77 Å². The van der Waals surface area contributed by atoms with Crippen molar-refractivity contribution in [2.45, 2.75) is 6.04 Å². The van der Waals surface area contributed by atoms with Crippen LogP contribution in [0.5, 0.6) is 0 Å². The molecule has 0 aromatic carbocycles. The van der Waals surface area contributed by atoms with Crippen LogP contribution >= 0.6 is 12.2 Å². The summed E-state index contributed by atoms with van der Waals surface area (Å²) < 4.78 is 0.166. The summed E-state index contributed by atoms with van der Waals surface area (Å²) in [5.41, 5.74) is -0.413. The van der Waals surface area contributed by atoms with Crippen LogP contribution in [0.25, 0.3) is 0 Å². The van der Waals surface area contributed by atoms with Crippen LogP contribution in [0.4, 0.5) is 0 Å². The minimum atomic E-state index is -1.12. The molecule has 0 spiro atoms. The third kappa shape index (κ3) is 2.06. The quantitative estimate of drug-likeness (QED) is 0.522. The number of nitrogens with one attached hydrogen (secondary N) is 3. The Hall–Kier alpha value is -1.47. The Balaban J connectivity index is 3.24. The number of aromatic amines is 2. The van der Waals surface area contributed by atoms with Gasteiger partial charge in [0.15, 0.2) is 4.77 Å². The lowest BCUT2D eigenvalue weighted by Crippen LogP contribution is -2.31. The maximum absolute atomic E-state index is 11.3. The Morgan fingerprint density at radius 3 is 2.79 bits per heavy atom. The van der Waals surface area contributed by atoms with Gasteiger partial charge in [-0.2, -0.15) is 0 Å². The maximum atomic E-state index is 11.3. The Labute approximate surface area is 84.0 Å². The van der Waals surface area contributed by atoms with Crippen LogP contribution in [0.1, 0.15) is 11.6 Å². The summed E-state index contributed by atoms with van der Waals surface area (Å²) in [6.45, 7) is 0. The SMILES string of the molecule is CNC(C(=O)O)c1c[nH]c(=S)[nH]c1=O. The lowest BCUT2D eigenvalue weighted by molar-refractivity contribution is -0.139. The zero-order valence-corrected chi connectivity index (χ0v) is 8.14. The molecule has 4 N–H and O–H groups in total. The number of carboxylic acid groups (broad SMARTS) is 1. The fourth-order valence-corrected chi connectivity index (χ4v) is 1.20. The molecule has 0 amide bonds. The Morgan fingerprint density at radius 1 is 1.71 bits per heavy atom. The van der Waals surface area contributed by atoms with E-state index in [1.165, 1.54) is 13.2 Å². The number of H-pyrrole nitrogens is 2. The van der Waals surface area contributed by atoms with Crippen LogP contribution in [0.15, 0.2) is 11.0 Å². The van der Waals surface area contributed by atoms with Gasteiger partial charge in [-0.05, 0) is 19.3 Å². The Morgan fingerprint density at radius 2 is 2.36 bits per heavy atom. The average Bonchev–Trinajstić information content (AvgIpc) is 2.09. The van der Waals surface area contributed by atoms with E-state index in [1.807, 2.05) is 0 Å². The molecule has 1 aromatic rings. The molecular formula is C7H9N3O3S. The predicted octanol–water partition coefficient (Wildman–Crippen LogP) is -0.222. The summed E-state index contributed by atoms with van der Waals surface area (Å²) in [6, 6.07) is -1.04. The smallest absolute Gasteiger partial charge is 0.325 e. The van der Waals surface area contributed by atoms with Gasteiger partial charge in [-0.1, -0.05) is 0 Å². The van der Waals surface area contributed by atoms with E-state index in [2.05, 4.69) is 27.5 Å². The van der Waals surface area contributed by atoms with E-state index in [-0.39, 0.29) is 10.3 Å². The molecule has 1 atom stereocenters. The van der Waals surface area contributed by atoms with Gasteiger partial charge in [0.2, 0.25) is 0 Å². The molecule has 0 saturated carbocycles. The third-order valence-electron chi connectivity index (χ3n) is 1.69. The van der Waals surface area contributed by atoms with Crippen molar-refractivity contribution in [3.8, 4) is 0 Å². The first-order chi connectivity index (χ1) is 6.56. The normalized spacial score (nSPS) is 12.4. The van der Waals surface area contributed by atoms with Crippen molar-refractivity contribution in [2.24, 2.45) is 0 Å². The zero-order chi connectivity index (χ0) is 10.7. The molecule has 0 aliphatic rings. The van der Waals surface area contributed by atoms with Gasteiger partial charge in [-0.15, -0.1) is 0 Å². The van der Waals surface area contributed by atoms with Crippen molar-refractivity contribution in [2.75, 3.05) is 7.05 Å². The molecule has 0 saturated heterocycles. The second-order valence-corrected chi connectivity index (χ2v) is 3.00. The van der Waals surface area contributed by atoms with Crippen molar-refractivity contribution in [3.05, 3.63) is 26.9 Å². The minimum Gasteiger partial charge on any atom is -0.480 e. The van der Waals surface area contributed by atoms with Gasteiger partial charge < -0.3 is 15.4 Å².